The summed E-state index contributed by atoms with van der Waals surface area (Å²) in [4.78, 5) is 0. The standard InChI is InChI=1S/C14H17NO4S/c1-11(9-12-5-3-2-4-6-12)15-20(17,18)14-8-7-13(10-16)19-14/h2-8,11,15-16H,9-10H2,1H3. The van der Waals surface area contributed by atoms with Crippen LogP contribution in [0.5, 0.6) is 0 Å². The molecule has 2 N–H and O–H groups in total. The quantitative estimate of drug-likeness (QED) is 0.850. The maximum Gasteiger partial charge on any atom is 0.274 e. The molecule has 6 heteroatoms. The molecule has 5 nitrogen and oxygen atoms in total. The summed E-state index contributed by atoms with van der Waals surface area (Å²) in [6.45, 7) is 1.47. The Morgan fingerprint density at radius 1 is 1.20 bits per heavy atom. The van der Waals surface area contributed by atoms with Crippen LogP contribution in [0.25, 0.3) is 0 Å². The average molecular weight is 295 g/mol. The lowest BCUT2D eigenvalue weighted by Crippen LogP contribution is -2.33. The topological polar surface area (TPSA) is 79.5 Å². The first kappa shape index (κ1) is 14.8. The number of nitrogens with one attached hydrogen (secondary N) is 1. The predicted molar refractivity (Wildman–Crippen MR) is 74.6 cm³/mol. The lowest BCUT2D eigenvalue weighted by Gasteiger charge is -2.13. The highest BCUT2D eigenvalue weighted by Gasteiger charge is 2.21. The molecule has 108 valence electrons. The van der Waals surface area contributed by atoms with Crippen molar-refractivity contribution in [2.75, 3.05) is 0 Å². The Labute approximate surface area is 118 Å². The lowest BCUT2D eigenvalue weighted by atomic mass is 10.1. The molecular weight excluding hydrogens is 278 g/mol. The van der Waals surface area contributed by atoms with Gasteiger partial charge in [0.25, 0.3) is 10.0 Å². The second-order valence-corrected chi connectivity index (χ2v) is 6.24. The molecule has 1 aromatic carbocycles. The number of hydrogen-bond acceptors (Lipinski definition) is 4. The monoisotopic (exact) mass is 295 g/mol. The van der Waals surface area contributed by atoms with E-state index >= 15 is 0 Å². The smallest absolute Gasteiger partial charge is 0.274 e. The van der Waals surface area contributed by atoms with E-state index in [0.29, 0.717) is 6.42 Å². The third-order valence-electron chi connectivity index (χ3n) is 2.80. The highest BCUT2D eigenvalue weighted by atomic mass is 32.2. The molecule has 0 aliphatic heterocycles. The zero-order chi connectivity index (χ0) is 14.6. The molecule has 0 radical (unpaired) electrons. The second kappa shape index (κ2) is 6.21. The Morgan fingerprint density at radius 3 is 2.50 bits per heavy atom. The van der Waals surface area contributed by atoms with Gasteiger partial charge in [0, 0.05) is 6.04 Å². The van der Waals surface area contributed by atoms with E-state index in [9.17, 15) is 8.42 Å². The van der Waals surface area contributed by atoms with E-state index in [2.05, 4.69) is 4.72 Å². The Balaban J connectivity index is 2.04. The molecular formula is C14H17NO4S. The summed E-state index contributed by atoms with van der Waals surface area (Å²) in [5.41, 5.74) is 1.05. The van der Waals surface area contributed by atoms with Gasteiger partial charge in [-0.25, -0.2) is 13.1 Å². The van der Waals surface area contributed by atoms with Crippen molar-refractivity contribution in [2.24, 2.45) is 0 Å². The van der Waals surface area contributed by atoms with Gasteiger partial charge in [-0.3, -0.25) is 0 Å². The van der Waals surface area contributed by atoms with Gasteiger partial charge in [-0.05, 0) is 31.0 Å². The molecule has 0 fully saturated rings. The van der Waals surface area contributed by atoms with Gasteiger partial charge in [0.05, 0.1) is 0 Å². The van der Waals surface area contributed by atoms with Gasteiger partial charge < -0.3 is 9.52 Å². The van der Waals surface area contributed by atoms with Crippen molar-refractivity contribution in [3.8, 4) is 0 Å². The van der Waals surface area contributed by atoms with Crippen molar-refractivity contribution < 1.29 is 17.9 Å². The van der Waals surface area contributed by atoms with Crippen molar-refractivity contribution in [3.63, 3.8) is 0 Å². The van der Waals surface area contributed by atoms with Crippen LogP contribution in [0.4, 0.5) is 0 Å². The SMILES string of the molecule is CC(Cc1ccccc1)NS(=O)(=O)c1ccc(CO)o1. The van der Waals surface area contributed by atoms with E-state index in [1.807, 2.05) is 30.3 Å². The number of hydrogen-bond donors (Lipinski definition) is 2. The second-order valence-electron chi connectivity index (χ2n) is 4.59. The molecule has 1 heterocycles. The van der Waals surface area contributed by atoms with Gasteiger partial charge in [-0.2, -0.15) is 0 Å². The van der Waals surface area contributed by atoms with Gasteiger partial charge in [0.2, 0.25) is 5.09 Å². The maximum atomic E-state index is 12.1. The van der Waals surface area contributed by atoms with Crippen molar-refractivity contribution in [1.82, 2.24) is 4.72 Å². The minimum atomic E-state index is -3.70. The van der Waals surface area contributed by atoms with E-state index in [-0.39, 0.29) is 23.5 Å². The first-order valence-electron chi connectivity index (χ1n) is 6.27. The summed E-state index contributed by atoms with van der Waals surface area (Å²) < 4.78 is 31.8. The van der Waals surface area contributed by atoms with Crippen molar-refractivity contribution >= 4 is 10.0 Å². The molecule has 0 aliphatic rings. The van der Waals surface area contributed by atoms with Gasteiger partial charge in [0.15, 0.2) is 0 Å². The number of benzene rings is 1. The average Bonchev–Trinajstić information content (AvgIpc) is 2.88. The Hall–Kier alpha value is -1.63. The highest BCUT2D eigenvalue weighted by molar-refractivity contribution is 7.89. The first-order chi connectivity index (χ1) is 9.51. The van der Waals surface area contributed by atoms with E-state index < -0.39 is 10.0 Å². The first-order valence-corrected chi connectivity index (χ1v) is 7.75. The maximum absolute atomic E-state index is 12.1. The summed E-state index contributed by atoms with van der Waals surface area (Å²) in [7, 11) is -3.70. The zero-order valence-electron chi connectivity index (χ0n) is 11.1. The molecule has 0 amide bonds. The van der Waals surface area contributed by atoms with E-state index in [0.717, 1.165) is 5.56 Å². The van der Waals surface area contributed by atoms with E-state index in [4.69, 9.17) is 9.52 Å². The number of furan rings is 1. The molecule has 0 saturated carbocycles. The number of aliphatic hydroxyl groups excluding tert-OH is 1. The van der Waals surface area contributed by atoms with Gasteiger partial charge >= 0.3 is 0 Å². The third kappa shape index (κ3) is 3.69. The summed E-state index contributed by atoms with van der Waals surface area (Å²) in [5.74, 6) is 0.223. The van der Waals surface area contributed by atoms with Crippen LogP contribution in [0.1, 0.15) is 18.2 Å². The molecule has 0 saturated heterocycles. The molecule has 0 spiro atoms. The number of sulfonamides is 1. The van der Waals surface area contributed by atoms with Gasteiger partial charge in [-0.1, -0.05) is 30.3 Å². The summed E-state index contributed by atoms with van der Waals surface area (Å²) >= 11 is 0. The van der Waals surface area contributed by atoms with Crippen LogP contribution in [0, 0.1) is 0 Å². The van der Waals surface area contributed by atoms with Crippen LogP contribution >= 0.6 is 0 Å². The fraction of sp³-hybridized carbons (Fsp3) is 0.286. The molecule has 0 bridgehead atoms. The van der Waals surface area contributed by atoms with Crippen molar-refractivity contribution in [2.45, 2.75) is 31.1 Å². The van der Waals surface area contributed by atoms with Crippen molar-refractivity contribution in [1.29, 1.82) is 0 Å². The molecule has 1 aromatic heterocycles. The Kier molecular flexibility index (Phi) is 4.59. The fourth-order valence-electron chi connectivity index (χ4n) is 1.92. The van der Waals surface area contributed by atoms with Gasteiger partial charge in [0.1, 0.15) is 12.4 Å². The van der Waals surface area contributed by atoms with Crippen LogP contribution in [-0.4, -0.2) is 19.6 Å². The molecule has 2 aromatic rings. The lowest BCUT2D eigenvalue weighted by molar-refractivity contribution is 0.236. The number of rotatable bonds is 6. The summed E-state index contributed by atoms with van der Waals surface area (Å²) in [6.07, 6.45) is 0.591. The van der Waals surface area contributed by atoms with Crippen LogP contribution in [0.2, 0.25) is 0 Å². The molecule has 0 aliphatic carbocycles. The van der Waals surface area contributed by atoms with E-state index in [1.165, 1.54) is 12.1 Å². The van der Waals surface area contributed by atoms with Crippen molar-refractivity contribution in [3.05, 3.63) is 53.8 Å². The van der Waals surface area contributed by atoms with E-state index in [1.54, 1.807) is 6.92 Å². The zero-order valence-corrected chi connectivity index (χ0v) is 11.9. The van der Waals surface area contributed by atoms with Crippen LogP contribution in [-0.2, 0) is 23.1 Å². The normalized spacial score (nSPS) is 13.3. The summed E-state index contributed by atoms with van der Waals surface area (Å²) in [5, 5.41) is 8.71. The Morgan fingerprint density at radius 2 is 1.90 bits per heavy atom. The minimum absolute atomic E-state index is 0.179. The molecule has 1 unspecified atom stereocenters. The predicted octanol–water partition coefficient (Wildman–Crippen LogP) is 1.68. The minimum Gasteiger partial charge on any atom is -0.446 e. The van der Waals surface area contributed by atoms with Gasteiger partial charge in [-0.15, -0.1) is 0 Å². The number of aliphatic hydroxyl groups is 1. The third-order valence-corrected chi connectivity index (χ3v) is 4.26. The van der Waals surface area contributed by atoms with Crippen LogP contribution in [0.3, 0.4) is 0 Å². The molecule has 1 atom stereocenters. The Bertz CT molecular complexity index is 649. The van der Waals surface area contributed by atoms with Crippen LogP contribution < -0.4 is 4.72 Å². The molecule has 20 heavy (non-hydrogen) atoms. The van der Waals surface area contributed by atoms with Crippen LogP contribution in [0.15, 0.2) is 52.0 Å². The fourth-order valence-corrected chi connectivity index (χ4v) is 3.11. The largest absolute Gasteiger partial charge is 0.446 e. The molecule has 2 rings (SSSR count). The summed E-state index contributed by atoms with van der Waals surface area (Å²) in [6, 6.07) is 12.2. The highest BCUT2D eigenvalue weighted by Crippen LogP contribution is 2.15.